The Balaban J connectivity index is 2.66. The van der Waals surface area contributed by atoms with Crippen LogP contribution in [0.2, 0.25) is 0 Å². The van der Waals surface area contributed by atoms with Crippen LogP contribution in [0, 0.1) is 11.6 Å². The molecule has 1 amide bonds. The summed E-state index contributed by atoms with van der Waals surface area (Å²) in [6, 6.07) is 2.42. The van der Waals surface area contributed by atoms with Gasteiger partial charge in [-0.25, -0.2) is 4.39 Å². The Morgan fingerprint density at radius 3 is 2.73 bits per heavy atom. The second kappa shape index (κ2) is 4.70. The molecule has 0 bridgehead atoms. The molecular weight excluding hydrogens is 206 g/mol. The van der Waals surface area contributed by atoms with Gasteiger partial charge in [-0.1, -0.05) is 6.07 Å². The number of halogens is 2. The molecule has 1 unspecified atom stereocenters. The Labute approximate surface area is 84.8 Å². The fourth-order valence-electron chi connectivity index (χ4n) is 0.857. The van der Waals surface area contributed by atoms with Crippen LogP contribution in [0.5, 0.6) is 5.75 Å². The van der Waals surface area contributed by atoms with Crippen molar-refractivity contribution in [3.63, 3.8) is 0 Å². The zero-order valence-corrected chi connectivity index (χ0v) is 7.74. The van der Waals surface area contributed by atoms with Crippen LogP contribution in [0.25, 0.3) is 0 Å². The average molecular weight is 216 g/mol. The van der Waals surface area contributed by atoms with Crippen LogP contribution in [-0.2, 0) is 4.79 Å². The molecular formula is C9H10F2N2O2. The Kier molecular flexibility index (Phi) is 3.56. The molecule has 0 aliphatic carbocycles. The van der Waals surface area contributed by atoms with Gasteiger partial charge < -0.3 is 16.2 Å². The molecule has 0 radical (unpaired) electrons. The molecule has 0 fully saturated rings. The molecule has 15 heavy (non-hydrogen) atoms. The minimum Gasteiger partial charge on any atom is -0.488 e. The molecule has 0 saturated carbocycles. The van der Waals surface area contributed by atoms with Crippen molar-refractivity contribution in [3.8, 4) is 5.75 Å². The molecule has 1 atom stereocenters. The Morgan fingerprint density at radius 2 is 2.13 bits per heavy atom. The minimum absolute atomic E-state index is 0.296. The second-order valence-corrected chi connectivity index (χ2v) is 2.87. The van der Waals surface area contributed by atoms with E-state index in [0.717, 1.165) is 6.07 Å². The van der Waals surface area contributed by atoms with Crippen LogP contribution in [0.1, 0.15) is 0 Å². The Bertz CT molecular complexity index is 371. The average Bonchev–Trinajstić information content (AvgIpc) is 2.19. The van der Waals surface area contributed by atoms with E-state index in [4.69, 9.17) is 16.2 Å². The van der Waals surface area contributed by atoms with Crippen molar-refractivity contribution in [3.05, 3.63) is 29.8 Å². The summed E-state index contributed by atoms with van der Waals surface area (Å²) in [6.45, 7) is -0.296. The van der Waals surface area contributed by atoms with Gasteiger partial charge in [-0.2, -0.15) is 4.39 Å². The molecule has 0 aliphatic heterocycles. The molecule has 1 aromatic carbocycles. The number of nitrogens with two attached hydrogens (primary N) is 2. The lowest BCUT2D eigenvalue weighted by Gasteiger charge is -2.10. The van der Waals surface area contributed by atoms with E-state index in [-0.39, 0.29) is 12.4 Å². The number of amides is 1. The molecule has 82 valence electrons. The summed E-state index contributed by atoms with van der Waals surface area (Å²) in [4.78, 5) is 10.5. The summed E-state index contributed by atoms with van der Waals surface area (Å²) in [6.07, 6.45) is 0. The molecule has 4 N–H and O–H groups in total. The maximum Gasteiger partial charge on any atom is 0.237 e. The van der Waals surface area contributed by atoms with Crippen LogP contribution in [-0.4, -0.2) is 18.6 Å². The highest BCUT2D eigenvalue weighted by atomic mass is 19.2. The third kappa shape index (κ3) is 2.88. The van der Waals surface area contributed by atoms with Gasteiger partial charge in [0.1, 0.15) is 12.6 Å². The molecule has 1 aromatic rings. The van der Waals surface area contributed by atoms with Crippen LogP contribution >= 0.6 is 0 Å². The predicted molar refractivity (Wildman–Crippen MR) is 49.0 cm³/mol. The van der Waals surface area contributed by atoms with E-state index in [1.807, 2.05) is 0 Å². The second-order valence-electron chi connectivity index (χ2n) is 2.87. The molecule has 0 heterocycles. The van der Waals surface area contributed by atoms with Crippen LogP contribution < -0.4 is 16.2 Å². The SMILES string of the molecule is NC(=O)C(N)COc1cccc(F)c1F. The van der Waals surface area contributed by atoms with Gasteiger partial charge in [0.05, 0.1) is 0 Å². The molecule has 0 spiro atoms. The highest BCUT2D eigenvalue weighted by Gasteiger charge is 2.13. The Hall–Kier alpha value is -1.69. The number of carbonyl (C=O) groups excluding carboxylic acids is 1. The first kappa shape index (κ1) is 11.4. The zero-order valence-electron chi connectivity index (χ0n) is 7.74. The van der Waals surface area contributed by atoms with Crippen molar-refractivity contribution in [2.24, 2.45) is 11.5 Å². The van der Waals surface area contributed by atoms with Gasteiger partial charge in [0.15, 0.2) is 11.6 Å². The highest BCUT2D eigenvalue weighted by molar-refractivity contribution is 5.79. The lowest BCUT2D eigenvalue weighted by Crippen LogP contribution is -2.41. The lowest BCUT2D eigenvalue weighted by molar-refractivity contribution is -0.119. The van der Waals surface area contributed by atoms with Crippen LogP contribution in [0.3, 0.4) is 0 Å². The lowest BCUT2D eigenvalue weighted by atomic mass is 10.3. The van der Waals surface area contributed by atoms with E-state index in [1.165, 1.54) is 12.1 Å². The summed E-state index contributed by atoms with van der Waals surface area (Å²) in [5.41, 5.74) is 10.1. The van der Waals surface area contributed by atoms with E-state index in [1.54, 1.807) is 0 Å². The van der Waals surface area contributed by atoms with Gasteiger partial charge in [0.25, 0.3) is 0 Å². The van der Waals surface area contributed by atoms with E-state index in [0.29, 0.717) is 0 Å². The number of hydrogen-bond donors (Lipinski definition) is 2. The molecule has 0 aromatic heterocycles. The van der Waals surface area contributed by atoms with Crippen molar-refractivity contribution >= 4 is 5.91 Å². The number of ether oxygens (including phenoxy) is 1. The third-order valence-electron chi connectivity index (χ3n) is 1.70. The molecule has 0 saturated heterocycles. The monoisotopic (exact) mass is 216 g/mol. The quantitative estimate of drug-likeness (QED) is 0.752. The van der Waals surface area contributed by atoms with Gasteiger partial charge in [-0.15, -0.1) is 0 Å². The van der Waals surface area contributed by atoms with Crippen molar-refractivity contribution < 1.29 is 18.3 Å². The third-order valence-corrected chi connectivity index (χ3v) is 1.70. The first-order chi connectivity index (χ1) is 7.02. The molecule has 0 aliphatic rings. The first-order valence-corrected chi connectivity index (χ1v) is 4.14. The number of carbonyl (C=O) groups is 1. The fourth-order valence-corrected chi connectivity index (χ4v) is 0.857. The zero-order chi connectivity index (χ0) is 11.4. The standard InChI is InChI=1S/C9H10F2N2O2/c10-5-2-1-3-7(8(5)11)15-4-6(12)9(13)14/h1-3,6H,4,12H2,(H2,13,14). The predicted octanol–water partition coefficient (Wildman–Crippen LogP) is 0.156. The number of primary amides is 1. The fraction of sp³-hybridized carbons (Fsp3) is 0.222. The minimum atomic E-state index is -1.12. The van der Waals surface area contributed by atoms with Crippen LogP contribution in [0.15, 0.2) is 18.2 Å². The normalized spacial score (nSPS) is 12.2. The topological polar surface area (TPSA) is 78.3 Å². The summed E-state index contributed by atoms with van der Waals surface area (Å²) in [5.74, 6) is -3.21. The Morgan fingerprint density at radius 1 is 1.47 bits per heavy atom. The summed E-state index contributed by atoms with van der Waals surface area (Å²) >= 11 is 0. The summed E-state index contributed by atoms with van der Waals surface area (Å²) in [5, 5.41) is 0. The van der Waals surface area contributed by atoms with Gasteiger partial charge in [0, 0.05) is 0 Å². The number of rotatable bonds is 4. The van der Waals surface area contributed by atoms with Gasteiger partial charge in [-0.05, 0) is 12.1 Å². The molecule has 1 rings (SSSR count). The van der Waals surface area contributed by atoms with Crippen molar-refractivity contribution in [1.29, 1.82) is 0 Å². The first-order valence-electron chi connectivity index (χ1n) is 4.14. The van der Waals surface area contributed by atoms with Crippen molar-refractivity contribution in [2.45, 2.75) is 6.04 Å². The summed E-state index contributed by atoms with van der Waals surface area (Å²) < 4.78 is 30.5. The highest BCUT2D eigenvalue weighted by Crippen LogP contribution is 2.18. The summed E-state index contributed by atoms with van der Waals surface area (Å²) in [7, 11) is 0. The number of benzene rings is 1. The van der Waals surface area contributed by atoms with E-state index >= 15 is 0 Å². The molecule has 4 nitrogen and oxygen atoms in total. The van der Waals surface area contributed by atoms with Gasteiger partial charge in [0.2, 0.25) is 11.7 Å². The maximum absolute atomic E-state index is 13.0. The van der Waals surface area contributed by atoms with Crippen molar-refractivity contribution in [2.75, 3.05) is 6.61 Å². The van der Waals surface area contributed by atoms with Gasteiger partial charge in [-0.3, -0.25) is 4.79 Å². The number of hydrogen-bond acceptors (Lipinski definition) is 3. The van der Waals surface area contributed by atoms with E-state index in [2.05, 4.69) is 0 Å². The largest absolute Gasteiger partial charge is 0.488 e. The van der Waals surface area contributed by atoms with Crippen molar-refractivity contribution in [1.82, 2.24) is 0 Å². The smallest absolute Gasteiger partial charge is 0.237 e. The van der Waals surface area contributed by atoms with Crippen LogP contribution in [0.4, 0.5) is 8.78 Å². The van der Waals surface area contributed by atoms with Gasteiger partial charge >= 0.3 is 0 Å². The molecule has 6 heteroatoms. The maximum atomic E-state index is 13.0. The van der Waals surface area contributed by atoms with E-state index < -0.39 is 23.6 Å². The van der Waals surface area contributed by atoms with E-state index in [9.17, 15) is 13.6 Å².